The molecule has 0 radical (unpaired) electrons. The van der Waals surface area contributed by atoms with E-state index in [0.717, 1.165) is 12.0 Å². The van der Waals surface area contributed by atoms with Gasteiger partial charge in [-0.2, -0.15) is 0 Å². The second-order valence-corrected chi connectivity index (χ2v) is 7.10. The summed E-state index contributed by atoms with van der Waals surface area (Å²) in [6.07, 6.45) is 5.34. The summed E-state index contributed by atoms with van der Waals surface area (Å²) in [5.74, 6) is 0.863. The first-order chi connectivity index (χ1) is 9.54. The van der Waals surface area contributed by atoms with E-state index in [1.165, 1.54) is 32.2 Å². The largest absolute Gasteiger partial charge is 0.295 e. The molecule has 0 N–H and O–H groups in total. The van der Waals surface area contributed by atoms with Gasteiger partial charge in [0, 0.05) is 18.1 Å². The molecule has 1 aliphatic carbocycles. The topological polar surface area (TPSA) is 3.24 Å². The Kier molecular flexibility index (Phi) is 4.90. The molecular weight excluding hydrogens is 242 g/mol. The maximum Gasteiger partial charge on any atom is 0.0141 e. The Bertz CT molecular complexity index is 430. The van der Waals surface area contributed by atoms with E-state index in [0.29, 0.717) is 5.54 Å². The van der Waals surface area contributed by atoms with Crippen molar-refractivity contribution in [3.05, 3.63) is 35.4 Å². The van der Waals surface area contributed by atoms with E-state index < -0.39 is 0 Å². The second kappa shape index (κ2) is 6.30. The van der Waals surface area contributed by atoms with Gasteiger partial charge in [0.15, 0.2) is 0 Å². The molecule has 4 rings (SSSR count). The zero-order valence-corrected chi connectivity index (χ0v) is 13.9. The summed E-state index contributed by atoms with van der Waals surface area (Å²) >= 11 is 0. The average Bonchev–Trinajstić information content (AvgIpc) is 2.39. The van der Waals surface area contributed by atoms with Crippen molar-refractivity contribution in [2.45, 2.75) is 71.9 Å². The molecular formula is C19H31N. The maximum absolute atomic E-state index is 2.76. The molecule has 1 saturated heterocycles. The van der Waals surface area contributed by atoms with E-state index in [1.807, 2.05) is 13.8 Å². The van der Waals surface area contributed by atoms with E-state index in [4.69, 9.17) is 0 Å². The SMILES string of the molecule is CC.CC(C)(C)N1C[C@H]2CC[C@@H]1Cc1ccccc1C2. The molecule has 2 aliphatic heterocycles. The van der Waals surface area contributed by atoms with Gasteiger partial charge in [0.05, 0.1) is 0 Å². The highest BCUT2D eigenvalue weighted by Gasteiger charge is 2.36. The van der Waals surface area contributed by atoms with Crippen molar-refractivity contribution in [3.8, 4) is 0 Å². The van der Waals surface area contributed by atoms with Crippen LogP contribution in [0, 0.1) is 5.92 Å². The van der Waals surface area contributed by atoms with Gasteiger partial charge in [-0.1, -0.05) is 38.1 Å². The summed E-state index contributed by atoms with van der Waals surface area (Å²) in [5.41, 5.74) is 3.53. The summed E-state index contributed by atoms with van der Waals surface area (Å²) in [6.45, 7) is 12.4. The summed E-state index contributed by atoms with van der Waals surface area (Å²) in [6, 6.07) is 9.85. The van der Waals surface area contributed by atoms with Crippen LogP contribution in [0.2, 0.25) is 0 Å². The Labute approximate surface area is 125 Å². The first-order valence-electron chi connectivity index (χ1n) is 8.37. The van der Waals surface area contributed by atoms with Crippen LogP contribution >= 0.6 is 0 Å². The average molecular weight is 273 g/mol. The number of benzene rings is 1. The third-order valence-electron chi connectivity index (χ3n) is 4.75. The molecule has 1 fully saturated rings. The first kappa shape index (κ1) is 15.6. The van der Waals surface area contributed by atoms with E-state index >= 15 is 0 Å². The minimum absolute atomic E-state index is 0.315. The van der Waals surface area contributed by atoms with Crippen molar-refractivity contribution in [1.82, 2.24) is 4.90 Å². The Morgan fingerprint density at radius 2 is 1.55 bits per heavy atom. The standard InChI is InChI=1S/C17H25N.C2H6/c1-17(2,3)18-12-13-8-9-16(18)11-15-7-5-4-6-14(15)10-13;1-2/h4-7,13,16H,8-12H2,1-3H3;1-2H3/t13-,16+;/m0./s1. The summed E-state index contributed by atoms with van der Waals surface area (Å²) in [4.78, 5) is 2.76. The molecule has 0 saturated carbocycles. The quantitative estimate of drug-likeness (QED) is 0.663. The van der Waals surface area contributed by atoms with Crippen molar-refractivity contribution in [1.29, 1.82) is 0 Å². The zero-order valence-electron chi connectivity index (χ0n) is 13.9. The molecule has 2 heterocycles. The van der Waals surface area contributed by atoms with E-state index in [9.17, 15) is 0 Å². The molecule has 0 amide bonds. The van der Waals surface area contributed by atoms with Crippen LogP contribution in [-0.4, -0.2) is 23.0 Å². The maximum atomic E-state index is 2.76. The molecule has 0 unspecified atom stereocenters. The van der Waals surface area contributed by atoms with Gasteiger partial charge in [-0.05, 0) is 63.5 Å². The van der Waals surface area contributed by atoms with Crippen LogP contribution in [-0.2, 0) is 12.8 Å². The third-order valence-corrected chi connectivity index (χ3v) is 4.75. The molecule has 20 heavy (non-hydrogen) atoms. The molecule has 0 spiro atoms. The fraction of sp³-hybridized carbons (Fsp3) is 0.684. The Morgan fingerprint density at radius 1 is 0.950 bits per heavy atom. The molecule has 1 aromatic rings. The van der Waals surface area contributed by atoms with Gasteiger partial charge in [0.25, 0.3) is 0 Å². The number of rotatable bonds is 0. The van der Waals surface area contributed by atoms with E-state index in [-0.39, 0.29) is 0 Å². The lowest BCUT2D eigenvalue weighted by Gasteiger charge is -2.49. The fourth-order valence-corrected chi connectivity index (χ4v) is 3.82. The van der Waals surface area contributed by atoms with Crippen LogP contribution in [0.5, 0.6) is 0 Å². The fourth-order valence-electron chi connectivity index (χ4n) is 3.82. The van der Waals surface area contributed by atoms with Gasteiger partial charge in [-0.15, -0.1) is 0 Å². The Hall–Kier alpha value is -0.820. The van der Waals surface area contributed by atoms with E-state index in [1.54, 1.807) is 11.1 Å². The van der Waals surface area contributed by atoms with Crippen molar-refractivity contribution in [2.24, 2.45) is 5.92 Å². The first-order valence-corrected chi connectivity index (χ1v) is 8.37. The lowest BCUT2D eigenvalue weighted by Crippen LogP contribution is -2.55. The van der Waals surface area contributed by atoms with Crippen LogP contribution < -0.4 is 0 Å². The number of fused-ring (bicyclic) bond motifs is 2. The molecule has 1 aromatic carbocycles. The molecule has 2 bridgehead atoms. The number of hydrogen-bond acceptors (Lipinski definition) is 1. The predicted molar refractivity (Wildman–Crippen MR) is 88.2 cm³/mol. The second-order valence-electron chi connectivity index (χ2n) is 7.10. The van der Waals surface area contributed by atoms with Crippen molar-refractivity contribution in [3.63, 3.8) is 0 Å². The lowest BCUT2D eigenvalue weighted by molar-refractivity contribution is 0.0216. The van der Waals surface area contributed by atoms with Crippen LogP contribution in [0.15, 0.2) is 24.3 Å². The van der Waals surface area contributed by atoms with Gasteiger partial charge >= 0.3 is 0 Å². The third kappa shape index (κ3) is 3.25. The van der Waals surface area contributed by atoms with Crippen LogP contribution in [0.1, 0.15) is 58.6 Å². The zero-order chi connectivity index (χ0) is 14.8. The van der Waals surface area contributed by atoms with Crippen molar-refractivity contribution in [2.75, 3.05) is 6.54 Å². The highest BCUT2D eigenvalue weighted by molar-refractivity contribution is 5.30. The molecule has 1 heteroatoms. The normalized spacial score (nSPS) is 26.1. The van der Waals surface area contributed by atoms with Crippen LogP contribution in [0.25, 0.3) is 0 Å². The highest BCUT2D eigenvalue weighted by atomic mass is 15.2. The minimum Gasteiger partial charge on any atom is -0.295 e. The van der Waals surface area contributed by atoms with Crippen LogP contribution in [0.3, 0.4) is 0 Å². The molecule has 3 aliphatic rings. The molecule has 0 aromatic heterocycles. The Balaban J connectivity index is 0.000000704. The van der Waals surface area contributed by atoms with Gasteiger partial charge < -0.3 is 0 Å². The molecule has 1 nitrogen and oxygen atoms in total. The Morgan fingerprint density at radius 3 is 2.15 bits per heavy atom. The smallest absolute Gasteiger partial charge is 0.0141 e. The van der Waals surface area contributed by atoms with Crippen molar-refractivity contribution < 1.29 is 0 Å². The monoisotopic (exact) mass is 273 g/mol. The number of piperidine rings is 1. The minimum atomic E-state index is 0.315. The summed E-state index contributed by atoms with van der Waals surface area (Å²) < 4.78 is 0. The molecule has 2 atom stereocenters. The summed E-state index contributed by atoms with van der Waals surface area (Å²) in [7, 11) is 0. The van der Waals surface area contributed by atoms with Crippen molar-refractivity contribution >= 4 is 0 Å². The van der Waals surface area contributed by atoms with Crippen LogP contribution in [0.4, 0.5) is 0 Å². The molecule has 112 valence electrons. The van der Waals surface area contributed by atoms with Gasteiger partial charge in [0.2, 0.25) is 0 Å². The van der Waals surface area contributed by atoms with E-state index in [2.05, 4.69) is 49.9 Å². The predicted octanol–water partition coefficient (Wildman–Crippen LogP) is 4.69. The van der Waals surface area contributed by atoms with Gasteiger partial charge in [0.1, 0.15) is 0 Å². The number of hydrogen-bond donors (Lipinski definition) is 0. The number of nitrogens with zero attached hydrogens (tertiary/aromatic N) is 1. The lowest BCUT2D eigenvalue weighted by atomic mass is 9.78. The summed E-state index contributed by atoms with van der Waals surface area (Å²) in [5, 5.41) is 0. The van der Waals surface area contributed by atoms with Gasteiger partial charge in [-0.25, -0.2) is 0 Å². The van der Waals surface area contributed by atoms with Gasteiger partial charge in [-0.3, -0.25) is 4.90 Å². The highest BCUT2D eigenvalue weighted by Crippen LogP contribution is 2.35.